The maximum Gasteiger partial charge on any atom is 0.303 e. The molecule has 0 aliphatic rings. The Kier molecular flexibility index (Phi) is 7.71. The van der Waals surface area contributed by atoms with Gasteiger partial charge in [-0.3, -0.25) is 9.59 Å². The van der Waals surface area contributed by atoms with E-state index in [2.05, 4.69) is 5.32 Å². The molecule has 0 radical (unpaired) electrons. The molecule has 23 heavy (non-hydrogen) atoms. The van der Waals surface area contributed by atoms with Crippen LogP contribution in [-0.4, -0.2) is 40.3 Å². The van der Waals surface area contributed by atoms with E-state index >= 15 is 0 Å². The van der Waals surface area contributed by atoms with Gasteiger partial charge in [-0.15, -0.1) is 0 Å². The summed E-state index contributed by atoms with van der Waals surface area (Å²) in [6, 6.07) is 8.17. The smallest absolute Gasteiger partial charge is 0.303 e. The molecule has 6 heteroatoms. The van der Waals surface area contributed by atoms with Crippen LogP contribution in [0, 0.1) is 5.92 Å². The molecule has 0 aliphatic carbocycles. The fourth-order valence-corrected chi connectivity index (χ4v) is 2.21. The predicted molar refractivity (Wildman–Crippen MR) is 87.8 cm³/mol. The molecule has 1 aromatic rings. The molecular weight excluding hydrogens is 296 g/mol. The minimum absolute atomic E-state index is 0.0245. The number of aliphatic hydroxyl groups is 1. The van der Waals surface area contributed by atoms with Crippen LogP contribution < -0.4 is 11.1 Å². The second-order valence-electron chi connectivity index (χ2n) is 6.07. The summed E-state index contributed by atoms with van der Waals surface area (Å²) in [6.07, 6.45) is -0.615. The number of nitrogens with one attached hydrogen (secondary N) is 1. The van der Waals surface area contributed by atoms with E-state index < -0.39 is 24.2 Å². The molecular formula is C17H26N2O4. The van der Waals surface area contributed by atoms with Crippen molar-refractivity contribution < 1.29 is 19.8 Å². The van der Waals surface area contributed by atoms with Gasteiger partial charge in [0.25, 0.3) is 0 Å². The van der Waals surface area contributed by atoms with Crippen molar-refractivity contribution in [1.29, 1.82) is 0 Å². The summed E-state index contributed by atoms with van der Waals surface area (Å²) in [4.78, 5) is 22.9. The number of aliphatic carboxylic acids is 1. The van der Waals surface area contributed by atoms with Gasteiger partial charge in [-0.2, -0.15) is 0 Å². The van der Waals surface area contributed by atoms with Crippen LogP contribution in [0.15, 0.2) is 30.3 Å². The Morgan fingerprint density at radius 2 is 1.83 bits per heavy atom. The van der Waals surface area contributed by atoms with Gasteiger partial charge in [-0.05, 0) is 24.3 Å². The van der Waals surface area contributed by atoms with Gasteiger partial charge in [0.05, 0.1) is 18.2 Å². The summed E-state index contributed by atoms with van der Waals surface area (Å²) in [5, 5.41) is 21.8. The first-order valence-corrected chi connectivity index (χ1v) is 7.81. The van der Waals surface area contributed by atoms with Crippen molar-refractivity contribution in [1.82, 2.24) is 5.32 Å². The van der Waals surface area contributed by atoms with Gasteiger partial charge < -0.3 is 21.3 Å². The van der Waals surface area contributed by atoms with Gasteiger partial charge in [0.1, 0.15) is 0 Å². The molecule has 0 aliphatic heterocycles. The molecule has 1 aromatic carbocycles. The van der Waals surface area contributed by atoms with Gasteiger partial charge in [0.15, 0.2) is 0 Å². The fraction of sp³-hybridized carbons (Fsp3) is 0.529. The summed E-state index contributed by atoms with van der Waals surface area (Å²) in [5.74, 6) is -1.34. The predicted octanol–water partition coefficient (Wildman–Crippen LogP) is 0.923. The Morgan fingerprint density at radius 1 is 1.22 bits per heavy atom. The molecule has 5 N–H and O–H groups in total. The summed E-state index contributed by atoms with van der Waals surface area (Å²) >= 11 is 0. The van der Waals surface area contributed by atoms with Crippen molar-refractivity contribution in [2.75, 3.05) is 0 Å². The highest BCUT2D eigenvalue weighted by Crippen LogP contribution is 2.11. The van der Waals surface area contributed by atoms with E-state index in [0.29, 0.717) is 6.42 Å². The third kappa shape index (κ3) is 6.80. The van der Waals surface area contributed by atoms with Crippen molar-refractivity contribution in [3.63, 3.8) is 0 Å². The van der Waals surface area contributed by atoms with Crippen LogP contribution in [0.3, 0.4) is 0 Å². The molecule has 0 aromatic heterocycles. The number of carboxylic acids is 1. The first-order valence-electron chi connectivity index (χ1n) is 7.81. The molecule has 0 bridgehead atoms. The van der Waals surface area contributed by atoms with E-state index in [1.807, 2.05) is 44.2 Å². The van der Waals surface area contributed by atoms with Crippen LogP contribution in [0.2, 0.25) is 0 Å². The molecule has 0 heterocycles. The molecule has 0 spiro atoms. The van der Waals surface area contributed by atoms with Crippen molar-refractivity contribution in [3.8, 4) is 0 Å². The number of hydrogen-bond donors (Lipinski definition) is 4. The van der Waals surface area contributed by atoms with Crippen LogP contribution in [0.1, 0.15) is 32.3 Å². The SMILES string of the molecule is CC(C)[C@H](N)C(=O)N[C@@H](Cc1ccccc1)[C@@H](O)CCC(=O)O. The van der Waals surface area contributed by atoms with Crippen LogP contribution in [-0.2, 0) is 16.0 Å². The number of carbonyl (C=O) groups is 2. The van der Waals surface area contributed by atoms with Gasteiger partial charge in [-0.25, -0.2) is 0 Å². The van der Waals surface area contributed by atoms with E-state index in [1.54, 1.807) is 0 Å². The zero-order chi connectivity index (χ0) is 17.4. The number of carbonyl (C=O) groups excluding carboxylic acids is 1. The van der Waals surface area contributed by atoms with Crippen LogP contribution >= 0.6 is 0 Å². The molecule has 128 valence electrons. The normalized spacial score (nSPS) is 15.0. The standard InChI is InChI=1S/C17H26N2O4/c1-11(2)16(18)17(23)19-13(14(20)8-9-15(21)22)10-12-6-4-3-5-7-12/h3-7,11,13-14,16,20H,8-10,18H2,1-2H3,(H,19,23)(H,21,22)/t13-,14-,16-/m0/s1. The van der Waals surface area contributed by atoms with Crippen molar-refractivity contribution >= 4 is 11.9 Å². The minimum atomic E-state index is -0.979. The summed E-state index contributed by atoms with van der Waals surface area (Å²) in [6.45, 7) is 3.69. The van der Waals surface area contributed by atoms with Crippen LogP contribution in [0.5, 0.6) is 0 Å². The molecule has 0 unspecified atom stereocenters. The Morgan fingerprint density at radius 3 is 2.35 bits per heavy atom. The van der Waals surface area contributed by atoms with E-state index in [9.17, 15) is 14.7 Å². The van der Waals surface area contributed by atoms with E-state index in [-0.39, 0.29) is 24.7 Å². The van der Waals surface area contributed by atoms with Crippen molar-refractivity contribution in [2.24, 2.45) is 11.7 Å². The average Bonchev–Trinajstić information content (AvgIpc) is 2.51. The van der Waals surface area contributed by atoms with E-state index in [1.165, 1.54) is 0 Å². The molecule has 6 nitrogen and oxygen atoms in total. The number of carboxylic acid groups (broad SMARTS) is 1. The lowest BCUT2D eigenvalue weighted by Gasteiger charge is -2.26. The molecule has 0 saturated carbocycles. The van der Waals surface area contributed by atoms with Crippen molar-refractivity contribution in [3.05, 3.63) is 35.9 Å². The third-order valence-corrected chi connectivity index (χ3v) is 3.77. The summed E-state index contributed by atoms with van der Waals surface area (Å²) < 4.78 is 0. The molecule has 0 saturated heterocycles. The molecule has 1 amide bonds. The number of hydrogen-bond acceptors (Lipinski definition) is 4. The van der Waals surface area contributed by atoms with Gasteiger partial charge >= 0.3 is 5.97 Å². The minimum Gasteiger partial charge on any atom is -0.481 e. The lowest BCUT2D eigenvalue weighted by molar-refractivity contribution is -0.137. The summed E-state index contributed by atoms with van der Waals surface area (Å²) in [7, 11) is 0. The summed E-state index contributed by atoms with van der Waals surface area (Å²) in [5.41, 5.74) is 6.79. The highest BCUT2D eigenvalue weighted by molar-refractivity contribution is 5.82. The quantitative estimate of drug-likeness (QED) is 0.540. The molecule has 0 fully saturated rings. The first kappa shape index (κ1) is 19.1. The highest BCUT2D eigenvalue weighted by atomic mass is 16.4. The van der Waals surface area contributed by atoms with Crippen LogP contribution in [0.4, 0.5) is 0 Å². The Hall–Kier alpha value is -1.92. The Labute approximate surface area is 136 Å². The molecule has 1 rings (SSSR count). The Bertz CT molecular complexity index is 505. The largest absolute Gasteiger partial charge is 0.481 e. The number of benzene rings is 1. The maximum absolute atomic E-state index is 12.2. The fourth-order valence-electron chi connectivity index (χ4n) is 2.21. The second-order valence-corrected chi connectivity index (χ2v) is 6.07. The number of rotatable bonds is 9. The monoisotopic (exact) mass is 322 g/mol. The van der Waals surface area contributed by atoms with Crippen molar-refractivity contribution in [2.45, 2.75) is 51.3 Å². The lowest BCUT2D eigenvalue weighted by atomic mass is 9.97. The van der Waals surface area contributed by atoms with Gasteiger partial charge in [0.2, 0.25) is 5.91 Å². The third-order valence-electron chi connectivity index (χ3n) is 3.77. The zero-order valence-electron chi connectivity index (χ0n) is 13.6. The van der Waals surface area contributed by atoms with E-state index in [0.717, 1.165) is 5.56 Å². The topological polar surface area (TPSA) is 113 Å². The number of nitrogens with two attached hydrogens (primary N) is 1. The molecule has 3 atom stereocenters. The number of aliphatic hydroxyl groups excluding tert-OH is 1. The van der Waals surface area contributed by atoms with Gasteiger partial charge in [0, 0.05) is 6.42 Å². The van der Waals surface area contributed by atoms with Crippen LogP contribution in [0.25, 0.3) is 0 Å². The second kappa shape index (κ2) is 9.27. The average molecular weight is 322 g/mol. The lowest BCUT2D eigenvalue weighted by Crippen LogP contribution is -2.52. The zero-order valence-corrected chi connectivity index (χ0v) is 13.6. The Balaban J connectivity index is 2.78. The van der Waals surface area contributed by atoms with Gasteiger partial charge in [-0.1, -0.05) is 44.2 Å². The number of amides is 1. The van der Waals surface area contributed by atoms with E-state index in [4.69, 9.17) is 10.8 Å². The first-order chi connectivity index (χ1) is 10.8. The highest BCUT2D eigenvalue weighted by Gasteiger charge is 2.26. The maximum atomic E-state index is 12.2.